The first-order chi connectivity index (χ1) is 12.5. The molecule has 1 amide bonds. The molecule has 0 spiro atoms. The molecule has 1 aliphatic rings. The number of β-amino-alcohol motifs (C(OH)–C–C–N with tert-alkyl or cyclic N) is 1. The van der Waals surface area contributed by atoms with Gasteiger partial charge in [-0.3, -0.25) is 9.69 Å². The summed E-state index contributed by atoms with van der Waals surface area (Å²) in [5.74, 6) is -0.0740. The molecule has 7 nitrogen and oxygen atoms in total. The fraction of sp³-hybridized carbons (Fsp3) is 0.444. The maximum absolute atomic E-state index is 12.4. The number of benzene rings is 1. The molecular formula is C18H23N3O4S. The Morgan fingerprint density at radius 3 is 2.92 bits per heavy atom. The van der Waals surface area contributed by atoms with Gasteiger partial charge in [-0.1, -0.05) is 0 Å². The Labute approximate surface area is 156 Å². The Morgan fingerprint density at radius 1 is 1.50 bits per heavy atom. The van der Waals surface area contributed by atoms with Crippen molar-refractivity contribution < 1.29 is 19.7 Å². The minimum absolute atomic E-state index is 0.146. The molecule has 1 aromatic carbocycles. The summed E-state index contributed by atoms with van der Waals surface area (Å²) in [6.07, 6.45) is -0.0414. The second kappa shape index (κ2) is 8.03. The number of aliphatic hydroxyl groups excluding tert-OH is 1. The van der Waals surface area contributed by atoms with Crippen LogP contribution in [0.2, 0.25) is 0 Å². The number of phenols is 1. The van der Waals surface area contributed by atoms with Crippen LogP contribution in [0.15, 0.2) is 23.6 Å². The minimum atomic E-state index is -0.673. The monoisotopic (exact) mass is 377 g/mol. The lowest BCUT2D eigenvalue weighted by molar-refractivity contribution is 0.0345. The number of hydrogen-bond acceptors (Lipinski definition) is 7. The normalized spacial score (nSPS) is 20.7. The lowest BCUT2D eigenvalue weighted by atomic mass is 10.0. The van der Waals surface area contributed by atoms with Gasteiger partial charge in [0, 0.05) is 31.1 Å². The van der Waals surface area contributed by atoms with Crippen LogP contribution in [0.4, 0.5) is 0 Å². The number of hydrogen-bond donors (Lipinski definition) is 3. The Morgan fingerprint density at radius 2 is 2.31 bits per heavy atom. The molecule has 1 saturated heterocycles. The van der Waals surface area contributed by atoms with Crippen LogP contribution in [0.1, 0.15) is 27.5 Å². The molecule has 2 atom stereocenters. The lowest BCUT2D eigenvalue weighted by Crippen LogP contribution is -2.53. The van der Waals surface area contributed by atoms with Crippen molar-refractivity contribution in [2.75, 3.05) is 20.2 Å². The molecule has 0 saturated carbocycles. The van der Waals surface area contributed by atoms with Crippen molar-refractivity contribution in [3.63, 3.8) is 0 Å². The summed E-state index contributed by atoms with van der Waals surface area (Å²) in [7, 11) is 1.49. The van der Waals surface area contributed by atoms with E-state index in [1.165, 1.54) is 19.2 Å². The van der Waals surface area contributed by atoms with Crippen LogP contribution < -0.4 is 10.1 Å². The third-order valence-electron chi connectivity index (χ3n) is 4.48. The topological polar surface area (TPSA) is 94.9 Å². The molecule has 1 fully saturated rings. The van der Waals surface area contributed by atoms with Crippen LogP contribution in [0.3, 0.4) is 0 Å². The van der Waals surface area contributed by atoms with Crippen molar-refractivity contribution >= 4 is 17.2 Å². The van der Waals surface area contributed by atoms with E-state index in [4.69, 9.17) is 4.74 Å². The van der Waals surface area contributed by atoms with Crippen LogP contribution in [-0.4, -0.2) is 58.3 Å². The molecule has 2 aromatic rings. The second-order valence-corrected chi connectivity index (χ2v) is 7.47. The maximum Gasteiger partial charge on any atom is 0.255 e. The fourth-order valence-electron chi connectivity index (χ4n) is 3.10. The van der Waals surface area contributed by atoms with Crippen LogP contribution in [0, 0.1) is 6.92 Å². The van der Waals surface area contributed by atoms with E-state index >= 15 is 0 Å². The molecule has 0 unspecified atom stereocenters. The first-order valence-corrected chi connectivity index (χ1v) is 9.33. The fourth-order valence-corrected chi connectivity index (χ4v) is 3.70. The molecule has 8 heteroatoms. The van der Waals surface area contributed by atoms with Gasteiger partial charge in [-0.15, -0.1) is 11.3 Å². The Hall–Kier alpha value is -2.16. The molecule has 0 aliphatic carbocycles. The molecule has 140 valence electrons. The maximum atomic E-state index is 12.4. The van der Waals surface area contributed by atoms with Crippen molar-refractivity contribution in [3.8, 4) is 11.5 Å². The zero-order valence-electron chi connectivity index (χ0n) is 14.8. The quantitative estimate of drug-likeness (QED) is 0.732. The molecule has 3 N–H and O–H groups in total. The number of carbonyl (C=O) groups is 1. The molecule has 0 bridgehead atoms. The number of piperidine rings is 1. The average molecular weight is 377 g/mol. The van der Waals surface area contributed by atoms with Gasteiger partial charge in [0.15, 0.2) is 0 Å². The van der Waals surface area contributed by atoms with Crippen molar-refractivity contribution in [2.24, 2.45) is 0 Å². The number of ether oxygens (including phenoxy) is 1. The van der Waals surface area contributed by atoms with Crippen molar-refractivity contribution in [3.05, 3.63) is 39.8 Å². The molecule has 1 aromatic heterocycles. The third kappa shape index (κ3) is 4.32. The second-order valence-electron chi connectivity index (χ2n) is 6.41. The highest BCUT2D eigenvalue weighted by Crippen LogP contribution is 2.24. The zero-order chi connectivity index (χ0) is 18.7. The number of aromatic hydroxyl groups is 1. The largest absolute Gasteiger partial charge is 0.507 e. The van der Waals surface area contributed by atoms with Gasteiger partial charge in [-0.05, 0) is 25.5 Å². The first-order valence-electron chi connectivity index (χ1n) is 8.45. The van der Waals surface area contributed by atoms with E-state index in [1.807, 2.05) is 12.3 Å². The molecule has 0 radical (unpaired) electrons. The van der Waals surface area contributed by atoms with Crippen LogP contribution in [0.5, 0.6) is 11.5 Å². The highest BCUT2D eigenvalue weighted by molar-refractivity contribution is 7.09. The van der Waals surface area contributed by atoms with Gasteiger partial charge in [0.1, 0.15) is 11.5 Å². The Kier molecular flexibility index (Phi) is 5.75. The van der Waals surface area contributed by atoms with Gasteiger partial charge >= 0.3 is 0 Å². The number of thiazole rings is 1. The third-order valence-corrected chi connectivity index (χ3v) is 5.31. The lowest BCUT2D eigenvalue weighted by Gasteiger charge is -2.36. The van der Waals surface area contributed by atoms with Crippen LogP contribution >= 0.6 is 11.3 Å². The number of nitrogens with one attached hydrogen (secondary N) is 1. The van der Waals surface area contributed by atoms with Gasteiger partial charge in [0.2, 0.25) is 0 Å². The van der Waals surface area contributed by atoms with Gasteiger partial charge in [-0.2, -0.15) is 0 Å². The number of aryl methyl sites for hydroxylation is 1. The smallest absolute Gasteiger partial charge is 0.255 e. The summed E-state index contributed by atoms with van der Waals surface area (Å²) in [5.41, 5.74) is 1.17. The summed E-state index contributed by atoms with van der Waals surface area (Å²) < 4.78 is 5.02. The van der Waals surface area contributed by atoms with Gasteiger partial charge in [0.25, 0.3) is 5.91 Å². The van der Waals surface area contributed by atoms with E-state index in [9.17, 15) is 15.0 Å². The van der Waals surface area contributed by atoms with Crippen molar-refractivity contribution in [2.45, 2.75) is 32.0 Å². The molecule has 26 heavy (non-hydrogen) atoms. The Bertz CT molecular complexity index is 780. The van der Waals surface area contributed by atoms with E-state index in [0.29, 0.717) is 25.3 Å². The van der Waals surface area contributed by atoms with Crippen molar-refractivity contribution in [1.82, 2.24) is 15.2 Å². The minimum Gasteiger partial charge on any atom is -0.507 e. The predicted octanol–water partition coefficient (Wildman–Crippen LogP) is 1.53. The summed E-state index contributed by atoms with van der Waals surface area (Å²) in [4.78, 5) is 19.0. The predicted molar refractivity (Wildman–Crippen MR) is 98.7 cm³/mol. The number of amides is 1. The number of nitrogens with zero attached hydrogens (tertiary/aromatic N) is 2. The first kappa shape index (κ1) is 18.6. The van der Waals surface area contributed by atoms with Crippen LogP contribution in [0.25, 0.3) is 0 Å². The number of methoxy groups -OCH3 is 1. The number of rotatable bonds is 5. The average Bonchev–Trinajstić information content (AvgIpc) is 3.01. The molecule has 3 rings (SSSR count). The summed E-state index contributed by atoms with van der Waals surface area (Å²) in [6, 6.07) is 4.17. The standard InChI is InChI=1S/C18H23N3O4S/c1-11-19-12(10-26-11)8-21-6-5-15(17(23)9-21)20-18(24)14-4-3-13(25-2)7-16(14)22/h3-4,7,10,15,17,22-23H,5-6,8-9H2,1-2H3,(H,20,24)/t15-,17-/m1/s1. The number of likely N-dealkylation sites (tertiary alicyclic amines) is 1. The van der Waals surface area contributed by atoms with Gasteiger partial charge < -0.3 is 20.3 Å². The number of phenolic OH excluding ortho intramolecular Hbond substituents is 1. The summed E-state index contributed by atoms with van der Waals surface area (Å²) >= 11 is 1.61. The van der Waals surface area contributed by atoms with E-state index in [1.54, 1.807) is 17.4 Å². The summed E-state index contributed by atoms with van der Waals surface area (Å²) in [5, 5.41) is 26.3. The van der Waals surface area contributed by atoms with Crippen LogP contribution in [-0.2, 0) is 6.54 Å². The number of aliphatic hydroxyl groups is 1. The number of aromatic nitrogens is 1. The van der Waals surface area contributed by atoms with Gasteiger partial charge in [0.05, 0.1) is 35.5 Å². The highest BCUT2D eigenvalue weighted by Gasteiger charge is 2.29. The summed E-state index contributed by atoms with van der Waals surface area (Å²) in [6.45, 7) is 3.89. The molecule has 1 aliphatic heterocycles. The SMILES string of the molecule is COc1ccc(C(=O)N[C@@H]2CCN(Cc3csc(C)n3)C[C@H]2O)c(O)c1. The molecular weight excluding hydrogens is 354 g/mol. The highest BCUT2D eigenvalue weighted by atomic mass is 32.1. The molecule has 2 heterocycles. The van der Waals surface area contributed by atoms with E-state index < -0.39 is 12.0 Å². The van der Waals surface area contributed by atoms with E-state index in [0.717, 1.165) is 17.2 Å². The van der Waals surface area contributed by atoms with E-state index in [-0.39, 0.29) is 17.4 Å². The Balaban J connectivity index is 1.57. The van der Waals surface area contributed by atoms with Crippen molar-refractivity contribution in [1.29, 1.82) is 0 Å². The zero-order valence-corrected chi connectivity index (χ0v) is 15.6. The van der Waals surface area contributed by atoms with Gasteiger partial charge in [-0.25, -0.2) is 4.98 Å². The number of carbonyl (C=O) groups excluding carboxylic acids is 1. The van der Waals surface area contributed by atoms with E-state index in [2.05, 4.69) is 15.2 Å².